The minimum absolute atomic E-state index is 0.156. The summed E-state index contributed by atoms with van der Waals surface area (Å²) in [7, 11) is 0. The molecule has 80 valence electrons. The zero-order chi connectivity index (χ0) is 11.0. The Labute approximate surface area is 87.4 Å². The Morgan fingerprint density at radius 1 is 1.14 bits per heavy atom. The third-order valence-corrected chi connectivity index (χ3v) is 2.06. The molecule has 2 nitrogen and oxygen atoms in total. The highest BCUT2D eigenvalue weighted by Crippen LogP contribution is 2.22. The molecule has 0 fully saturated rings. The standard InChI is InChI=1S/C12H22N2/c1-11(2,3)8-14-7-10(13-9-14)12(4,5)6/h7,9H,8H2,1-6H3. The maximum Gasteiger partial charge on any atom is 0.0949 e. The van der Waals surface area contributed by atoms with Gasteiger partial charge in [-0.1, -0.05) is 41.5 Å². The molecule has 0 aliphatic heterocycles. The Morgan fingerprint density at radius 3 is 2.07 bits per heavy atom. The maximum atomic E-state index is 4.43. The topological polar surface area (TPSA) is 17.8 Å². The number of nitrogens with zero attached hydrogens (tertiary/aromatic N) is 2. The molecule has 0 unspecified atom stereocenters. The van der Waals surface area contributed by atoms with Crippen LogP contribution in [0.4, 0.5) is 0 Å². The summed E-state index contributed by atoms with van der Waals surface area (Å²) >= 11 is 0. The second kappa shape index (κ2) is 3.41. The summed E-state index contributed by atoms with van der Waals surface area (Å²) in [4.78, 5) is 4.43. The van der Waals surface area contributed by atoms with Crippen LogP contribution in [0, 0.1) is 5.41 Å². The molecule has 0 saturated carbocycles. The second-order valence-corrected chi connectivity index (χ2v) is 6.24. The molecular weight excluding hydrogens is 172 g/mol. The molecule has 1 rings (SSSR count). The maximum absolute atomic E-state index is 4.43. The van der Waals surface area contributed by atoms with Crippen molar-refractivity contribution in [3.8, 4) is 0 Å². The summed E-state index contributed by atoms with van der Waals surface area (Å²) in [6.07, 6.45) is 4.09. The number of rotatable bonds is 1. The average Bonchev–Trinajstić information content (AvgIpc) is 2.29. The first kappa shape index (κ1) is 11.3. The molecule has 0 bridgehead atoms. The van der Waals surface area contributed by atoms with Gasteiger partial charge in [0.1, 0.15) is 0 Å². The molecule has 0 saturated heterocycles. The summed E-state index contributed by atoms with van der Waals surface area (Å²) in [5.41, 5.74) is 1.64. The Hall–Kier alpha value is -0.790. The van der Waals surface area contributed by atoms with Gasteiger partial charge >= 0.3 is 0 Å². The van der Waals surface area contributed by atoms with Gasteiger partial charge < -0.3 is 4.57 Å². The molecule has 1 aromatic heterocycles. The van der Waals surface area contributed by atoms with Gasteiger partial charge in [0.15, 0.2) is 0 Å². The van der Waals surface area contributed by atoms with Crippen LogP contribution in [0.15, 0.2) is 12.5 Å². The van der Waals surface area contributed by atoms with E-state index < -0.39 is 0 Å². The van der Waals surface area contributed by atoms with Crippen molar-refractivity contribution in [3.63, 3.8) is 0 Å². The van der Waals surface area contributed by atoms with Crippen LogP contribution >= 0.6 is 0 Å². The first-order chi connectivity index (χ1) is 6.18. The van der Waals surface area contributed by atoms with Crippen LogP contribution in [0.3, 0.4) is 0 Å². The Bertz CT molecular complexity index is 297. The lowest BCUT2D eigenvalue weighted by molar-refractivity contribution is 0.343. The van der Waals surface area contributed by atoms with Crippen LogP contribution in [0.25, 0.3) is 0 Å². The predicted molar refractivity (Wildman–Crippen MR) is 60.4 cm³/mol. The van der Waals surface area contributed by atoms with E-state index in [4.69, 9.17) is 0 Å². The fraction of sp³-hybridized carbons (Fsp3) is 0.750. The van der Waals surface area contributed by atoms with Gasteiger partial charge in [-0.3, -0.25) is 0 Å². The summed E-state index contributed by atoms with van der Waals surface area (Å²) in [5, 5.41) is 0. The molecule has 0 radical (unpaired) electrons. The van der Waals surface area contributed by atoms with E-state index in [2.05, 4.69) is 57.3 Å². The van der Waals surface area contributed by atoms with Gasteiger partial charge in [-0.05, 0) is 5.41 Å². The number of hydrogen-bond acceptors (Lipinski definition) is 1. The van der Waals surface area contributed by atoms with E-state index in [0.717, 1.165) is 6.54 Å². The molecule has 0 amide bonds. The summed E-state index contributed by atoms with van der Waals surface area (Å²) in [6.45, 7) is 14.3. The van der Waals surface area contributed by atoms with Crippen molar-refractivity contribution in [1.29, 1.82) is 0 Å². The number of imidazole rings is 1. The molecule has 0 N–H and O–H groups in total. The molecule has 1 aromatic rings. The monoisotopic (exact) mass is 194 g/mol. The van der Waals surface area contributed by atoms with Gasteiger partial charge in [-0.25, -0.2) is 4.98 Å². The van der Waals surface area contributed by atoms with Crippen molar-refractivity contribution < 1.29 is 0 Å². The van der Waals surface area contributed by atoms with Gasteiger partial charge in [-0.15, -0.1) is 0 Å². The molecular formula is C12H22N2. The van der Waals surface area contributed by atoms with Crippen molar-refractivity contribution in [2.24, 2.45) is 5.41 Å². The van der Waals surface area contributed by atoms with Gasteiger partial charge in [0.25, 0.3) is 0 Å². The molecule has 14 heavy (non-hydrogen) atoms. The number of aromatic nitrogens is 2. The first-order valence-electron chi connectivity index (χ1n) is 5.21. The fourth-order valence-corrected chi connectivity index (χ4v) is 1.38. The summed E-state index contributed by atoms with van der Waals surface area (Å²) in [6, 6.07) is 0. The Morgan fingerprint density at radius 2 is 1.71 bits per heavy atom. The first-order valence-corrected chi connectivity index (χ1v) is 5.21. The molecule has 0 aliphatic rings. The van der Waals surface area contributed by atoms with Gasteiger partial charge in [0.2, 0.25) is 0 Å². The smallest absolute Gasteiger partial charge is 0.0949 e. The van der Waals surface area contributed by atoms with E-state index in [9.17, 15) is 0 Å². The summed E-state index contributed by atoms with van der Waals surface area (Å²) in [5.74, 6) is 0. The number of hydrogen-bond donors (Lipinski definition) is 0. The molecule has 0 atom stereocenters. The molecule has 2 heteroatoms. The zero-order valence-electron chi connectivity index (χ0n) is 10.3. The van der Waals surface area contributed by atoms with Crippen LogP contribution < -0.4 is 0 Å². The van der Waals surface area contributed by atoms with E-state index in [-0.39, 0.29) is 5.41 Å². The highest BCUT2D eigenvalue weighted by Gasteiger charge is 2.18. The molecule has 0 spiro atoms. The van der Waals surface area contributed by atoms with Crippen molar-refractivity contribution >= 4 is 0 Å². The highest BCUT2D eigenvalue weighted by molar-refractivity contribution is 5.09. The van der Waals surface area contributed by atoms with Crippen molar-refractivity contribution in [2.45, 2.75) is 53.5 Å². The van der Waals surface area contributed by atoms with Crippen LogP contribution in [-0.4, -0.2) is 9.55 Å². The van der Waals surface area contributed by atoms with E-state index in [1.807, 2.05) is 6.33 Å². The van der Waals surface area contributed by atoms with Gasteiger partial charge in [0, 0.05) is 18.2 Å². The molecule has 0 aromatic carbocycles. The molecule has 1 heterocycles. The SMILES string of the molecule is CC(C)(C)Cn1cnc(C(C)(C)C)c1. The van der Waals surface area contributed by atoms with Crippen LogP contribution in [0.5, 0.6) is 0 Å². The Balaban J connectivity index is 2.79. The van der Waals surface area contributed by atoms with E-state index in [1.165, 1.54) is 5.69 Å². The normalized spacial score (nSPS) is 13.3. The van der Waals surface area contributed by atoms with E-state index in [0.29, 0.717) is 5.41 Å². The van der Waals surface area contributed by atoms with Crippen molar-refractivity contribution in [1.82, 2.24) is 9.55 Å². The quantitative estimate of drug-likeness (QED) is 0.671. The predicted octanol–water partition coefficient (Wildman–Crippen LogP) is 3.23. The van der Waals surface area contributed by atoms with Gasteiger partial charge in [0.05, 0.1) is 12.0 Å². The largest absolute Gasteiger partial charge is 0.337 e. The van der Waals surface area contributed by atoms with E-state index >= 15 is 0 Å². The molecule has 0 aliphatic carbocycles. The lowest BCUT2D eigenvalue weighted by Gasteiger charge is -2.19. The van der Waals surface area contributed by atoms with Crippen molar-refractivity contribution in [2.75, 3.05) is 0 Å². The Kier molecular flexibility index (Phi) is 2.75. The van der Waals surface area contributed by atoms with Crippen LogP contribution in [-0.2, 0) is 12.0 Å². The van der Waals surface area contributed by atoms with Crippen molar-refractivity contribution in [3.05, 3.63) is 18.2 Å². The third kappa shape index (κ3) is 3.17. The minimum Gasteiger partial charge on any atom is -0.337 e. The minimum atomic E-state index is 0.156. The zero-order valence-corrected chi connectivity index (χ0v) is 10.3. The lowest BCUT2D eigenvalue weighted by atomic mass is 9.93. The summed E-state index contributed by atoms with van der Waals surface area (Å²) < 4.78 is 2.18. The van der Waals surface area contributed by atoms with Gasteiger partial charge in [-0.2, -0.15) is 0 Å². The fourth-order valence-electron chi connectivity index (χ4n) is 1.38. The highest BCUT2D eigenvalue weighted by atomic mass is 15.0. The lowest BCUT2D eigenvalue weighted by Crippen LogP contribution is -2.15. The second-order valence-electron chi connectivity index (χ2n) is 6.24. The van der Waals surface area contributed by atoms with Crippen LogP contribution in [0.2, 0.25) is 0 Å². The van der Waals surface area contributed by atoms with E-state index in [1.54, 1.807) is 0 Å². The average molecular weight is 194 g/mol. The third-order valence-electron chi connectivity index (χ3n) is 2.06. The van der Waals surface area contributed by atoms with Crippen LogP contribution in [0.1, 0.15) is 47.2 Å².